The van der Waals surface area contributed by atoms with E-state index in [0.29, 0.717) is 16.6 Å². The van der Waals surface area contributed by atoms with Crippen LogP contribution in [0.25, 0.3) is 10.6 Å². The Labute approximate surface area is 206 Å². The number of halogens is 2. The van der Waals surface area contributed by atoms with Gasteiger partial charge >= 0.3 is 0 Å². The van der Waals surface area contributed by atoms with E-state index in [9.17, 15) is 19.7 Å². The molecule has 2 atom stereocenters. The third-order valence-electron chi connectivity index (χ3n) is 4.93. The molecule has 0 saturated heterocycles. The van der Waals surface area contributed by atoms with Gasteiger partial charge in [0, 0.05) is 21.7 Å². The van der Waals surface area contributed by atoms with Crippen molar-refractivity contribution in [2.75, 3.05) is 5.32 Å². The van der Waals surface area contributed by atoms with E-state index >= 15 is 0 Å². The van der Waals surface area contributed by atoms with Gasteiger partial charge in [0.2, 0.25) is 11.0 Å². The number of nitro benzene ring substituents is 1. The number of nitrogens with zero attached hydrogens (tertiary/aromatic N) is 3. The number of hydrogen-bond acceptors (Lipinski definition) is 7. The molecule has 0 aliphatic heterocycles. The topological polar surface area (TPSA) is 127 Å². The molecule has 2 amide bonds. The molecule has 3 rings (SSSR count). The maximum absolute atomic E-state index is 13.0. The number of aromatic nitrogens is 2. The Balaban J connectivity index is 1.76. The van der Waals surface area contributed by atoms with Gasteiger partial charge in [0.1, 0.15) is 16.1 Å². The summed E-state index contributed by atoms with van der Waals surface area (Å²) in [6.07, 6.45) is 0.611. The molecule has 33 heavy (non-hydrogen) atoms. The van der Waals surface area contributed by atoms with Crippen molar-refractivity contribution in [1.82, 2.24) is 15.5 Å². The monoisotopic (exact) mass is 551 g/mol. The second-order valence-corrected chi connectivity index (χ2v) is 9.47. The lowest BCUT2D eigenvalue weighted by Gasteiger charge is -2.23. The maximum atomic E-state index is 13.0. The van der Waals surface area contributed by atoms with Crippen LogP contribution in [0.1, 0.15) is 30.6 Å². The first-order valence-corrected chi connectivity index (χ1v) is 11.8. The van der Waals surface area contributed by atoms with Gasteiger partial charge in [-0.15, -0.1) is 10.2 Å². The molecule has 0 aliphatic carbocycles. The molecule has 2 aromatic carbocycles. The first-order chi connectivity index (χ1) is 15.7. The van der Waals surface area contributed by atoms with Crippen LogP contribution >= 0.6 is 38.9 Å². The zero-order chi connectivity index (χ0) is 24.1. The van der Waals surface area contributed by atoms with Crippen LogP contribution in [0.5, 0.6) is 0 Å². The molecule has 0 aliphatic rings. The number of carbonyl (C=O) groups is 2. The molecule has 0 radical (unpaired) electrons. The smallest absolute Gasteiger partial charge is 0.288 e. The van der Waals surface area contributed by atoms with Crippen molar-refractivity contribution in [3.05, 3.63) is 67.6 Å². The minimum absolute atomic E-state index is 0.0284. The summed E-state index contributed by atoms with van der Waals surface area (Å²) in [5.41, 5.74) is 0.496. The van der Waals surface area contributed by atoms with Crippen molar-refractivity contribution in [1.29, 1.82) is 0 Å². The molecule has 1 aromatic heterocycles. The van der Waals surface area contributed by atoms with Crippen molar-refractivity contribution in [2.45, 2.75) is 26.3 Å². The summed E-state index contributed by atoms with van der Waals surface area (Å²) < 4.78 is 0.933. The Morgan fingerprint density at radius 2 is 1.91 bits per heavy atom. The fraction of sp³-hybridized carbons (Fsp3) is 0.238. The number of anilines is 1. The van der Waals surface area contributed by atoms with Gasteiger partial charge in [0.05, 0.1) is 4.92 Å². The average molecular weight is 553 g/mol. The molecule has 3 aromatic rings. The maximum Gasteiger partial charge on any atom is 0.288 e. The van der Waals surface area contributed by atoms with Crippen LogP contribution in [0.4, 0.5) is 10.8 Å². The van der Waals surface area contributed by atoms with Gasteiger partial charge in [-0.2, -0.15) is 0 Å². The lowest BCUT2D eigenvalue weighted by molar-refractivity contribution is -0.384. The van der Waals surface area contributed by atoms with Gasteiger partial charge in [-0.25, -0.2) is 0 Å². The van der Waals surface area contributed by atoms with Crippen molar-refractivity contribution in [3.63, 3.8) is 0 Å². The number of nitro groups is 1. The molecule has 0 unspecified atom stereocenters. The van der Waals surface area contributed by atoms with Gasteiger partial charge < -0.3 is 5.32 Å². The summed E-state index contributed by atoms with van der Waals surface area (Å²) >= 11 is 10.4. The summed E-state index contributed by atoms with van der Waals surface area (Å²) in [4.78, 5) is 36.2. The van der Waals surface area contributed by atoms with Crippen LogP contribution < -0.4 is 10.6 Å². The van der Waals surface area contributed by atoms with Crippen LogP contribution in [-0.4, -0.2) is 33.0 Å². The highest BCUT2D eigenvalue weighted by Gasteiger charge is 2.28. The molecule has 172 valence electrons. The van der Waals surface area contributed by atoms with Gasteiger partial charge in [-0.05, 0) is 30.2 Å². The highest BCUT2D eigenvalue weighted by atomic mass is 79.9. The Bertz CT molecular complexity index is 1190. The zero-order valence-electron chi connectivity index (χ0n) is 17.5. The highest BCUT2D eigenvalue weighted by molar-refractivity contribution is 9.10. The van der Waals surface area contributed by atoms with Crippen molar-refractivity contribution >= 4 is 61.5 Å². The molecule has 9 nitrogen and oxygen atoms in total. The van der Waals surface area contributed by atoms with Crippen molar-refractivity contribution in [3.8, 4) is 10.6 Å². The van der Waals surface area contributed by atoms with E-state index in [4.69, 9.17) is 11.6 Å². The Kier molecular flexibility index (Phi) is 8.11. The van der Waals surface area contributed by atoms with Gasteiger partial charge in [-0.3, -0.25) is 25.0 Å². The number of amides is 2. The predicted molar refractivity (Wildman–Crippen MR) is 130 cm³/mol. The largest absolute Gasteiger partial charge is 0.340 e. The molecular weight excluding hydrogens is 534 g/mol. The molecular formula is C21H19BrClN5O4S. The van der Waals surface area contributed by atoms with Crippen LogP contribution in [0, 0.1) is 16.0 Å². The minimum Gasteiger partial charge on any atom is -0.340 e. The molecule has 0 saturated carbocycles. The van der Waals surface area contributed by atoms with Crippen LogP contribution in [-0.2, 0) is 4.79 Å². The van der Waals surface area contributed by atoms with E-state index in [-0.39, 0.29) is 22.2 Å². The predicted octanol–water partition coefficient (Wildman–Crippen LogP) is 5.31. The fourth-order valence-electron chi connectivity index (χ4n) is 2.89. The Morgan fingerprint density at radius 3 is 2.55 bits per heavy atom. The number of carbonyl (C=O) groups excluding carboxylic acids is 2. The molecule has 0 fully saturated rings. The van der Waals surface area contributed by atoms with Crippen LogP contribution in [0.3, 0.4) is 0 Å². The Hall–Kier alpha value is -2.89. The second-order valence-electron chi connectivity index (χ2n) is 7.17. The number of benzene rings is 2. The standard InChI is InChI=1S/C21H19BrClN5O4S/c1-3-11(2)17(24-18(29)13-6-9-15(23)16(10-13)28(31)32)19(30)25-21-27-26-20(33-21)12-4-7-14(22)8-5-12/h4-11,17H,3H2,1-2H3,(H,24,29)(H,25,27,30)/t11-,17+/m0/s1. The van der Waals surface area contributed by atoms with Crippen molar-refractivity contribution < 1.29 is 14.5 Å². The van der Waals surface area contributed by atoms with Crippen LogP contribution in [0.2, 0.25) is 5.02 Å². The normalized spacial score (nSPS) is 12.6. The number of hydrogen-bond donors (Lipinski definition) is 2. The second kappa shape index (κ2) is 10.8. The Morgan fingerprint density at radius 1 is 1.21 bits per heavy atom. The fourth-order valence-corrected chi connectivity index (χ4v) is 4.09. The minimum atomic E-state index is -0.891. The third-order valence-corrected chi connectivity index (χ3v) is 6.67. The highest BCUT2D eigenvalue weighted by Crippen LogP contribution is 2.28. The van der Waals surface area contributed by atoms with Crippen molar-refractivity contribution in [2.24, 2.45) is 5.92 Å². The van der Waals surface area contributed by atoms with E-state index in [1.54, 1.807) is 0 Å². The van der Waals surface area contributed by atoms with Gasteiger partial charge in [-0.1, -0.05) is 71.3 Å². The number of rotatable bonds is 8. The summed E-state index contributed by atoms with van der Waals surface area (Å²) in [7, 11) is 0. The summed E-state index contributed by atoms with van der Waals surface area (Å²) in [5.74, 6) is -1.29. The SMILES string of the molecule is CC[C@H](C)[C@@H](NC(=O)c1ccc(Cl)c([N+](=O)[O-])c1)C(=O)Nc1nnc(-c2ccc(Br)cc2)s1. The lowest BCUT2D eigenvalue weighted by atomic mass is 9.98. The quantitative estimate of drug-likeness (QED) is 0.288. The van der Waals surface area contributed by atoms with E-state index in [2.05, 4.69) is 36.8 Å². The summed E-state index contributed by atoms with van der Waals surface area (Å²) in [6.45, 7) is 3.71. The first-order valence-electron chi connectivity index (χ1n) is 9.84. The summed E-state index contributed by atoms with van der Waals surface area (Å²) in [5, 5.41) is 25.5. The third kappa shape index (κ3) is 6.12. The molecule has 1 heterocycles. The summed E-state index contributed by atoms with van der Waals surface area (Å²) in [6, 6.07) is 10.3. The van der Waals surface area contributed by atoms with E-state index in [1.165, 1.54) is 23.5 Å². The molecule has 12 heteroatoms. The molecule has 0 bridgehead atoms. The van der Waals surface area contributed by atoms with E-state index in [1.807, 2.05) is 38.1 Å². The van der Waals surface area contributed by atoms with E-state index < -0.39 is 22.8 Å². The van der Waals surface area contributed by atoms with Crippen LogP contribution in [0.15, 0.2) is 46.9 Å². The zero-order valence-corrected chi connectivity index (χ0v) is 20.7. The molecule has 0 spiro atoms. The average Bonchev–Trinajstić information content (AvgIpc) is 3.25. The lowest BCUT2D eigenvalue weighted by Crippen LogP contribution is -2.47. The number of nitrogens with one attached hydrogen (secondary N) is 2. The van der Waals surface area contributed by atoms with Gasteiger partial charge in [0.15, 0.2) is 0 Å². The first kappa shape index (κ1) is 24.7. The van der Waals surface area contributed by atoms with E-state index in [0.717, 1.165) is 16.1 Å². The van der Waals surface area contributed by atoms with Gasteiger partial charge in [0.25, 0.3) is 11.6 Å². The molecule has 2 N–H and O–H groups in total.